The number of halogens is 1. The number of aryl methyl sites for hydroxylation is 3. The van der Waals surface area contributed by atoms with E-state index < -0.39 is 41.4 Å². The van der Waals surface area contributed by atoms with Crippen molar-refractivity contribution in [2.45, 2.75) is 52.0 Å². The number of rotatable bonds is 8. The van der Waals surface area contributed by atoms with Crippen molar-refractivity contribution in [3.63, 3.8) is 0 Å². The highest BCUT2D eigenvalue weighted by molar-refractivity contribution is 6.12. The van der Waals surface area contributed by atoms with Gasteiger partial charge < -0.3 is 10.6 Å². The van der Waals surface area contributed by atoms with Gasteiger partial charge in [-0.25, -0.2) is 9.37 Å². The second kappa shape index (κ2) is 10.7. The number of anilines is 2. The maximum absolute atomic E-state index is 14.6. The van der Waals surface area contributed by atoms with Crippen LogP contribution in [0.3, 0.4) is 0 Å². The second-order valence-electron chi connectivity index (χ2n) is 10.0. The Kier molecular flexibility index (Phi) is 7.61. The van der Waals surface area contributed by atoms with Crippen LogP contribution < -0.4 is 10.6 Å². The number of nitrogen functional groups attached to an aromatic ring is 1. The number of likely N-dealkylation sites (N-methyl/N-ethyl adjacent to an activating group) is 1. The Morgan fingerprint density at radius 2 is 1.95 bits per heavy atom. The van der Waals surface area contributed by atoms with E-state index in [4.69, 9.17) is 5.73 Å². The molecule has 0 bridgehead atoms. The van der Waals surface area contributed by atoms with Crippen LogP contribution in [0.4, 0.5) is 15.9 Å². The van der Waals surface area contributed by atoms with Gasteiger partial charge in [0.2, 0.25) is 11.8 Å². The first-order valence-corrected chi connectivity index (χ1v) is 12.6. The number of amides is 3. The average molecular weight is 521 g/mol. The van der Waals surface area contributed by atoms with Crippen molar-refractivity contribution < 1.29 is 18.8 Å². The molecule has 0 aliphatic carbocycles. The van der Waals surface area contributed by atoms with E-state index in [-0.39, 0.29) is 12.8 Å². The van der Waals surface area contributed by atoms with Crippen LogP contribution in [0.2, 0.25) is 0 Å². The SMILES string of the molecule is CC[C@@H](CC(=O)N1C(=O)[C@H](Cc2cc(C)nc(N)c2)[C@H]1C(=O)N(C)c1cnn(C)c1)c1cc(C)ccc1F. The van der Waals surface area contributed by atoms with E-state index in [1.54, 1.807) is 56.3 Å². The third-order valence-corrected chi connectivity index (χ3v) is 7.14. The monoisotopic (exact) mass is 520 g/mol. The van der Waals surface area contributed by atoms with Crippen LogP contribution in [0.5, 0.6) is 0 Å². The standard InChI is InChI=1S/C28H33FN6O3/c1-6-19(21-9-16(2)7-8-23(21)29)13-25(36)35-26(28(38)34(5)20-14-31-33(4)15-20)22(27(35)37)11-18-10-17(3)32-24(30)12-18/h7-10,12,14-15,19,22,26H,6,11,13H2,1-5H3,(H2,30,32)/t19-,22+,26-/m0/s1. The number of nitrogens with two attached hydrogens (primary N) is 1. The molecular weight excluding hydrogens is 487 g/mol. The minimum Gasteiger partial charge on any atom is -0.384 e. The summed E-state index contributed by atoms with van der Waals surface area (Å²) in [6.45, 7) is 5.53. The van der Waals surface area contributed by atoms with Gasteiger partial charge in [0, 0.05) is 32.4 Å². The van der Waals surface area contributed by atoms with Gasteiger partial charge in [-0.05, 0) is 61.9 Å². The van der Waals surface area contributed by atoms with E-state index in [9.17, 15) is 18.8 Å². The minimum atomic E-state index is -1.00. The molecule has 0 saturated carbocycles. The lowest BCUT2D eigenvalue weighted by Gasteiger charge is -2.46. The van der Waals surface area contributed by atoms with Gasteiger partial charge in [-0.3, -0.25) is 24.0 Å². The molecule has 4 rings (SSSR count). The molecule has 3 aromatic rings. The van der Waals surface area contributed by atoms with Gasteiger partial charge >= 0.3 is 0 Å². The molecule has 0 radical (unpaired) electrons. The Hall–Kier alpha value is -4.08. The molecule has 1 saturated heterocycles. The molecule has 3 atom stereocenters. The molecule has 9 nitrogen and oxygen atoms in total. The fourth-order valence-corrected chi connectivity index (χ4v) is 5.11. The highest BCUT2D eigenvalue weighted by Gasteiger charge is 2.55. The number of hydrogen-bond donors (Lipinski definition) is 1. The fourth-order valence-electron chi connectivity index (χ4n) is 5.11. The molecule has 1 aliphatic rings. The number of aromatic nitrogens is 3. The predicted octanol–water partition coefficient (Wildman–Crippen LogP) is 3.30. The summed E-state index contributed by atoms with van der Waals surface area (Å²) in [4.78, 5) is 47.2. The van der Waals surface area contributed by atoms with Gasteiger partial charge in [0.25, 0.3) is 5.91 Å². The normalized spacial score (nSPS) is 17.7. The topological polar surface area (TPSA) is 114 Å². The van der Waals surface area contributed by atoms with Crippen LogP contribution in [0.15, 0.2) is 42.7 Å². The third-order valence-electron chi connectivity index (χ3n) is 7.14. The number of hydrogen-bond acceptors (Lipinski definition) is 6. The van der Waals surface area contributed by atoms with Crippen molar-refractivity contribution >= 4 is 29.2 Å². The summed E-state index contributed by atoms with van der Waals surface area (Å²) in [7, 11) is 3.33. The number of carbonyl (C=O) groups excluding carboxylic acids is 3. The molecule has 2 N–H and O–H groups in total. The first-order valence-electron chi connectivity index (χ1n) is 12.6. The van der Waals surface area contributed by atoms with E-state index in [0.29, 0.717) is 29.2 Å². The zero-order valence-corrected chi connectivity index (χ0v) is 22.3. The Bertz CT molecular complexity index is 1370. The van der Waals surface area contributed by atoms with Crippen LogP contribution >= 0.6 is 0 Å². The number of carbonyl (C=O) groups is 3. The largest absolute Gasteiger partial charge is 0.384 e. The van der Waals surface area contributed by atoms with Gasteiger partial charge in [0.15, 0.2) is 0 Å². The van der Waals surface area contributed by atoms with E-state index in [1.807, 2.05) is 19.9 Å². The van der Waals surface area contributed by atoms with Crippen molar-refractivity contribution in [1.29, 1.82) is 0 Å². The summed E-state index contributed by atoms with van der Waals surface area (Å²) in [6.07, 6.45) is 3.87. The minimum absolute atomic E-state index is 0.0863. The zero-order chi connectivity index (χ0) is 27.7. The van der Waals surface area contributed by atoms with Gasteiger partial charge in [0.05, 0.1) is 17.8 Å². The Balaban J connectivity index is 1.63. The highest BCUT2D eigenvalue weighted by Crippen LogP contribution is 2.36. The number of β-lactam (4-membered cyclic amide) rings is 1. The first-order chi connectivity index (χ1) is 18.0. The molecule has 1 fully saturated rings. The van der Waals surface area contributed by atoms with Crippen molar-refractivity contribution in [3.05, 3.63) is 70.9 Å². The number of imide groups is 1. The molecule has 2 aromatic heterocycles. The lowest BCUT2D eigenvalue weighted by molar-refractivity contribution is -0.170. The van der Waals surface area contributed by atoms with Crippen LogP contribution in [0.1, 0.15) is 48.1 Å². The van der Waals surface area contributed by atoms with E-state index in [2.05, 4.69) is 10.1 Å². The summed E-state index contributed by atoms with van der Waals surface area (Å²) >= 11 is 0. The summed E-state index contributed by atoms with van der Waals surface area (Å²) in [5.41, 5.74) is 9.21. The lowest BCUT2D eigenvalue weighted by atomic mass is 9.80. The Morgan fingerprint density at radius 1 is 1.21 bits per heavy atom. The van der Waals surface area contributed by atoms with Crippen molar-refractivity contribution in [3.8, 4) is 0 Å². The fraction of sp³-hybridized carbons (Fsp3) is 0.393. The van der Waals surface area contributed by atoms with Crippen molar-refractivity contribution in [2.75, 3.05) is 17.7 Å². The number of benzene rings is 1. The summed E-state index contributed by atoms with van der Waals surface area (Å²) in [6, 6.07) is 7.27. The average Bonchev–Trinajstić information content (AvgIpc) is 3.30. The summed E-state index contributed by atoms with van der Waals surface area (Å²) in [5.74, 6) is -2.57. The maximum Gasteiger partial charge on any atom is 0.250 e. The number of nitrogens with zero attached hydrogens (tertiary/aromatic N) is 5. The van der Waals surface area contributed by atoms with Crippen molar-refractivity contribution in [1.82, 2.24) is 19.7 Å². The molecule has 1 aromatic carbocycles. The molecule has 3 amide bonds. The van der Waals surface area contributed by atoms with Crippen LogP contribution in [-0.2, 0) is 27.9 Å². The van der Waals surface area contributed by atoms with Crippen LogP contribution in [0, 0.1) is 25.6 Å². The molecule has 0 spiro atoms. The predicted molar refractivity (Wildman–Crippen MR) is 142 cm³/mol. The third kappa shape index (κ3) is 5.29. The molecule has 3 heterocycles. The Labute approximate surface area is 221 Å². The lowest BCUT2D eigenvalue weighted by Crippen LogP contribution is -2.69. The zero-order valence-electron chi connectivity index (χ0n) is 22.3. The van der Waals surface area contributed by atoms with Gasteiger partial charge in [-0.2, -0.15) is 5.10 Å². The number of likely N-dealkylation sites (tertiary alicyclic amines) is 1. The quantitative estimate of drug-likeness (QED) is 0.456. The number of pyridine rings is 1. The Morgan fingerprint density at radius 3 is 2.58 bits per heavy atom. The summed E-state index contributed by atoms with van der Waals surface area (Å²) in [5, 5.41) is 4.12. The van der Waals surface area contributed by atoms with Gasteiger partial charge in [-0.15, -0.1) is 0 Å². The van der Waals surface area contributed by atoms with E-state index in [0.717, 1.165) is 16.0 Å². The van der Waals surface area contributed by atoms with Crippen LogP contribution in [-0.4, -0.2) is 50.5 Å². The van der Waals surface area contributed by atoms with E-state index >= 15 is 0 Å². The van der Waals surface area contributed by atoms with Gasteiger partial charge in [0.1, 0.15) is 17.7 Å². The smallest absolute Gasteiger partial charge is 0.250 e. The summed E-state index contributed by atoms with van der Waals surface area (Å²) < 4.78 is 16.2. The second-order valence-corrected chi connectivity index (χ2v) is 10.0. The molecule has 10 heteroatoms. The maximum atomic E-state index is 14.6. The van der Waals surface area contributed by atoms with Gasteiger partial charge in [-0.1, -0.05) is 24.6 Å². The molecule has 200 valence electrons. The molecule has 38 heavy (non-hydrogen) atoms. The molecular formula is C28H33FN6O3. The van der Waals surface area contributed by atoms with Crippen molar-refractivity contribution in [2.24, 2.45) is 13.0 Å². The first kappa shape index (κ1) is 27.0. The highest BCUT2D eigenvalue weighted by atomic mass is 19.1. The molecule has 1 aliphatic heterocycles. The van der Waals surface area contributed by atoms with Crippen LogP contribution in [0.25, 0.3) is 0 Å². The van der Waals surface area contributed by atoms with E-state index in [1.165, 1.54) is 11.0 Å². The molecule has 0 unspecified atom stereocenters.